The third-order valence-electron chi connectivity index (χ3n) is 2.85. The van der Waals surface area contributed by atoms with E-state index in [2.05, 4.69) is 44.7 Å². The second-order valence-electron chi connectivity index (χ2n) is 4.76. The highest BCUT2D eigenvalue weighted by atomic mass is 14.0. The van der Waals surface area contributed by atoms with Crippen molar-refractivity contribution in [2.45, 2.75) is 52.4 Å². The first-order valence-corrected chi connectivity index (χ1v) is 6.44. The van der Waals surface area contributed by atoms with Crippen LogP contribution in [0.1, 0.15) is 50.7 Å². The molecule has 0 aliphatic carbocycles. The van der Waals surface area contributed by atoms with E-state index >= 15 is 0 Å². The summed E-state index contributed by atoms with van der Waals surface area (Å²) in [6.45, 7) is 8.28. The smallest absolute Gasteiger partial charge is 0.00726 e. The standard InChI is InChI=1S/C16H24/c1-4-5-6-7-8-15-9-11-16(12-10-15)13-14(2)3/h9-12H,2,4-8,13H2,1,3H3. The number of hydrogen-bond donors (Lipinski definition) is 0. The number of rotatable bonds is 7. The fourth-order valence-corrected chi connectivity index (χ4v) is 1.93. The van der Waals surface area contributed by atoms with E-state index in [0.717, 1.165) is 6.42 Å². The van der Waals surface area contributed by atoms with Crippen LogP contribution >= 0.6 is 0 Å². The Morgan fingerprint density at radius 3 is 2.19 bits per heavy atom. The molecule has 88 valence electrons. The molecule has 16 heavy (non-hydrogen) atoms. The lowest BCUT2D eigenvalue weighted by atomic mass is 10.0. The molecule has 0 N–H and O–H groups in total. The zero-order valence-electron chi connectivity index (χ0n) is 10.8. The molecule has 1 aromatic carbocycles. The summed E-state index contributed by atoms with van der Waals surface area (Å²) in [6.07, 6.45) is 7.62. The normalized spacial score (nSPS) is 10.4. The molecular weight excluding hydrogens is 192 g/mol. The summed E-state index contributed by atoms with van der Waals surface area (Å²) in [7, 11) is 0. The third-order valence-corrected chi connectivity index (χ3v) is 2.85. The maximum atomic E-state index is 3.94. The summed E-state index contributed by atoms with van der Waals surface area (Å²) >= 11 is 0. The lowest BCUT2D eigenvalue weighted by molar-refractivity contribution is 0.667. The van der Waals surface area contributed by atoms with Crippen molar-refractivity contribution in [3.05, 3.63) is 47.5 Å². The highest BCUT2D eigenvalue weighted by Gasteiger charge is 1.96. The molecule has 0 nitrogen and oxygen atoms in total. The van der Waals surface area contributed by atoms with E-state index in [1.54, 1.807) is 0 Å². The molecule has 0 saturated carbocycles. The molecule has 0 spiro atoms. The largest absolute Gasteiger partial charge is 0.0998 e. The minimum absolute atomic E-state index is 1.01. The van der Waals surface area contributed by atoms with Crippen LogP contribution in [-0.4, -0.2) is 0 Å². The molecule has 0 aliphatic heterocycles. The molecule has 0 heteroatoms. The molecule has 0 bridgehead atoms. The quantitative estimate of drug-likeness (QED) is 0.448. The molecule has 0 fully saturated rings. The van der Waals surface area contributed by atoms with Crippen LogP contribution in [0.25, 0.3) is 0 Å². The van der Waals surface area contributed by atoms with Crippen molar-refractivity contribution in [3.8, 4) is 0 Å². The predicted molar refractivity (Wildman–Crippen MR) is 72.8 cm³/mol. The Morgan fingerprint density at radius 2 is 1.62 bits per heavy atom. The first-order chi connectivity index (χ1) is 7.72. The highest BCUT2D eigenvalue weighted by molar-refractivity contribution is 5.25. The van der Waals surface area contributed by atoms with Crippen molar-refractivity contribution in [2.24, 2.45) is 0 Å². The maximum absolute atomic E-state index is 3.94. The Bertz CT molecular complexity index is 305. The molecule has 0 atom stereocenters. The molecule has 0 saturated heterocycles. The summed E-state index contributed by atoms with van der Waals surface area (Å²) in [5, 5.41) is 0. The Hall–Kier alpha value is -1.04. The lowest BCUT2D eigenvalue weighted by Gasteiger charge is -2.04. The molecule has 0 aromatic heterocycles. The molecular formula is C16H24. The van der Waals surface area contributed by atoms with Crippen molar-refractivity contribution < 1.29 is 0 Å². The van der Waals surface area contributed by atoms with E-state index in [1.807, 2.05) is 0 Å². The van der Waals surface area contributed by atoms with Gasteiger partial charge in [0.1, 0.15) is 0 Å². The maximum Gasteiger partial charge on any atom is -0.00726 e. The van der Waals surface area contributed by atoms with Gasteiger partial charge in [0.25, 0.3) is 0 Å². The number of aryl methyl sites for hydroxylation is 1. The van der Waals surface area contributed by atoms with Crippen LogP contribution in [0, 0.1) is 0 Å². The zero-order valence-corrected chi connectivity index (χ0v) is 10.8. The molecule has 0 heterocycles. The average molecular weight is 216 g/mol. The van der Waals surface area contributed by atoms with Gasteiger partial charge in [-0.15, -0.1) is 0 Å². The molecule has 0 aliphatic rings. The highest BCUT2D eigenvalue weighted by Crippen LogP contribution is 2.11. The summed E-state index contributed by atoms with van der Waals surface area (Å²) in [5.74, 6) is 0. The number of allylic oxidation sites excluding steroid dienone is 1. The topological polar surface area (TPSA) is 0 Å². The summed E-state index contributed by atoms with van der Waals surface area (Å²) < 4.78 is 0. The van der Waals surface area contributed by atoms with Crippen LogP contribution in [0.4, 0.5) is 0 Å². The summed E-state index contributed by atoms with van der Waals surface area (Å²) in [4.78, 5) is 0. The van der Waals surface area contributed by atoms with E-state index in [0.29, 0.717) is 0 Å². The van der Waals surface area contributed by atoms with Crippen molar-refractivity contribution >= 4 is 0 Å². The second-order valence-corrected chi connectivity index (χ2v) is 4.76. The molecule has 0 unspecified atom stereocenters. The zero-order chi connectivity index (χ0) is 11.8. The van der Waals surface area contributed by atoms with Crippen LogP contribution in [0.5, 0.6) is 0 Å². The van der Waals surface area contributed by atoms with Gasteiger partial charge in [-0.2, -0.15) is 0 Å². The Morgan fingerprint density at radius 1 is 1.00 bits per heavy atom. The first kappa shape index (κ1) is 13.0. The lowest BCUT2D eigenvalue weighted by Crippen LogP contribution is -1.89. The minimum atomic E-state index is 1.01. The van der Waals surface area contributed by atoms with E-state index in [-0.39, 0.29) is 0 Å². The fourth-order valence-electron chi connectivity index (χ4n) is 1.93. The number of benzene rings is 1. The van der Waals surface area contributed by atoms with Crippen LogP contribution in [0.3, 0.4) is 0 Å². The molecule has 1 rings (SSSR count). The fraction of sp³-hybridized carbons (Fsp3) is 0.500. The van der Waals surface area contributed by atoms with Gasteiger partial charge in [-0.25, -0.2) is 0 Å². The van der Waals surface area contributed by atoms with E-state index in [4.69, 9.17) is 0 Å². The SMILES string of the molecule is C=C(C)Cc1ccc(CCCCCC)cc1. The van der Waals surface area contributed by atoms with Gasteiger partial charge in [-0.3, -0.25) is 0 Å². The van der Waals surface area contributed by atoms with Crippen molar-refractivity contribution in [3.63, 3.8) is 0 Å². The van der Waals surface area contributed by atoms with Gasteiger partial charge in [0.15, 0.2) is 0 Å². The van der Waals surface area contributed by atoms with Crippen LogP contribution in [-0.2, 0) is 12.8 Å². The van der Waals surface area contributed by atoms with Crippen LogP contribution < -0.4 is 0 Å². The Labute approximate surface area is 100 Å². The van der Waals surface area contributed by atoms with Crippen molar-refractivity contribution in [2.75, 3.05) is 0 Å². The van der Waals surface area contributed by atoms with E-state index in [9.17, 15) is 0 Å². The van der Waals surface area contributed by atoms with Crippen molar-refractivity contribution in [1.29, 1.82) is 0 Å². The first-order valence-electron chi connectivity index (χ1n) is 6.44. The van der Waals surface area contributed by atoms with Gasteiger partial charge in [0, 0.05) is 0 Å². The van der Waals surface area contributed by atoms with Crippen LogP contribution in [0.2, 0.25) is 0 Å². The minimum Gasteiger partial charge on any atom is -0.0998 e. The Balaban J connectivity index is 2.36. The summed E-state index contributed by atoms with van der Waals surface area (Å²) in [6, 6.07) is 9.02. The predicted octanol–water partition coefficient (Wildman–Crippen LogP) is 4.93. The van der Waals surface area contributed by atoms with Gasteiger partial charge in [-0.05, 0) is 37.3 Å². The van der Waals surface area contributed by atoms with Crippen LogP contribution in [0.15, 0.2) is 36.4 Å². The molecule has 0 amide bonds. The third kappa shape index (κ3) is 5.16. The second kappa shape index (κ2) is 7.27. The van der Waals surface area contributed by atoms with Gasteiger partial charge in [0.05, 0.1) is 0 Å². The molecule has 0 radical (unpaired) electrons. The van der Waals surface area contributed by atoms with Crippen molar-refractivity contribution in [1.82, 2.24) is 0 Å². The van der Waals surface area contributed by atoms with E-state index < -0.39 is 0 Å². The summed E-state index contributed by atoms with van der Waals surface area (Å²) in [5.41, 5.74) is 4.09. The van der Waals surface area contributed by atoms with Gasteiger partial charge in [-0.1, -0.05) is 62.6 Å². The van der Waals surface area contributed by atoms with Gasteiger partial charge in [0.2, 0.25) is 0 Å². The van der Waals surface area contributed by atoms with E-state index in [1.165, 1.54) is 48.8 Å². The average Bonchev–Trinajstić information content (AvgIpc) is 2.26. The van der Waals surface area contributed by atoms with Gasteiger partial charge >= 0.3 is 0 Å². The van der Waals surface area contributed by atoms with Gasteiger partial charge < -0.3 is 0 Å². The molecule has 1 aromatic rings. The Kier molecular flexibility index (Phi) is 5.92. The number of unbranched alkanes of at least 4 members (excludes halogenated alkanes) is 3. The monoisotopic (exact) mass is 216 g/mol. The number of hydrogen-bond acceptors (Lipinski definition) is 0.